The van der Waals surface area contributed by atoms with Gasteiger partial charge in [0.25, 0.3) is 0 Å². The second kappa shape index (κ2) is 4.16. The van der Waals surface area contributed by atoms with E-state index in [9.17, 15) is 4.39 Å². The topological polar surface area (TPSA) is 22.1 Å². The van der Waals surface area contributed by atoms with Gasteiger partial charge in [-0.1, -0.05) is 0 Å². The van der Waals surface area contributed by atoms with Crippen molar-refractivity contribution < 1.29 is 9.13 Å². The molecule has 0 atom stereocenters. The van der Waals surface area contributed by atoms with Gasteiger partial charge in [0.05, 0.1) is 18.2 Å². The quantitative estimate of drug-likeness (QED) is 0.629. The smallest absolute Gasteiger partial charge is 0.228 e. The zero-order valence-electron chi connectivity index (χ0n) is 6.57. The number of halogens is 2. The second-order valence-corrected chi connectivity index (χ2v) is 10.4. The highest BCUT2D eigenvalue weighted by atomic mass is 35.8. The number of hydrogen-bond acceptors (Lipinski definition) is 4. The molecular weight excluding hydrogens is 253 g/mol. The fourth-order valence-electron chi connectivity index (χ4n) is 0.748. The van der Waals surface area contributed by atoms with Gasteiger partial charge in [0, 0.05) is 0 Å². The maximum Gasteiger partial charge on any atom is 0.228 e. The number of nitrogens with zero attached hydrogens (tertiary/aromatic N) is 1. The Bertz CT molecular complexity index is 317. The monoisotopic (exact) mass is 259 g/mol. The SMILES string of the molecule is COc1ncc(F)cc1S(S)(S)Cl. The third-order valence-corrected chi connectivity index (χ3v) is 3.79. The number of hydrogen-bond donors (Lipinski definition) is 2. The van der Waals surface area contributed by atoms with Crippen molar-refractivity contribution in [3.05, 3.63) is 18.1 Å². The van der Waals surface area contributed by atoms with Gasteiger partial charge in [-0.3, -0.25) is 0 Å². The van der Waals surface area contributed by atoms with Crippen molar-refractivity contribution >= 4 is 41.3 Å². The van der Waals surface area contributed by atoms with Gasteiger partial charge in [0.15, 0.2) is 0 Å². The first-order valence-corrected chi connectivity index (χ1v) is 7.69. The predicted octanol–water partition coefficient (Wildman–Crippen LogP) is 3.24. The summed E-state index contributed by atoms with van der Waals surface area (Å²) >= 11 is 8.08. The molecule has 74 valence electrons. The molecule has 1 aromatic rings. The van der Waals surface area contributed by atoms with Crippen LogP contribution in [0.5, 0.6) is 5.88 Å². The number of aromatic nitrogens is 1. The van der Waals surface area contributed by atoms with E-state index in [1.165, 1.54) is 13.2 Å². The Morgan fingerprint density at radius 1 is 1.62 bits per heavy atom. The second-order valence-electron chi connectivity index (χ2n) is 2.14. The summed E-state index contributed by atoms with van der Waals surface area (Å²) in [6.07, 6.45) is 1.05. The van der Waals surface area contributed by atoms with Crippen molar-refractivity contribution in [2.75, 3.05) is 7.11 Å². The van der Waals surface area contributed by atoms with Crippen LogP contribution in [0.2, 0.25) is 0 Å². The highest BCUT2D eigenvalue weighted by molar-refractivity contribution is 9.25. The van der Waals surface area contributed by atoms with Gasteiger partial charge in [-0.2, -0.15) is 0 Å². The summed E-state index contributed by atoms with van der Waals surface area (Å²) in [5, 5.41) is 0. The largest absolute Gasteiger partial charge is 0.480 e. The van der Waals surface area contributed by atoms with Crippen LogP contribution in [-0.2, 0) is 0 Å². The zero-order valence-corrected chi connectivity index (χ0v) is 9.93. The molecule has 0 bridgehead atoms. The minimum absolute atomic E-state index is 0.247. The van der Waals surface area contributed by atoms with E-state index in [2.05, 4.69) is 28.3 Å². The molecule has 0 N–H and O–H groups in total. The fraction of sp³-hybridized carbons (Fsp3) is 0.167. The lowest BCUT2D eigenvalue weighted by atomic mass is 10.5. The average molecular weight is 260 g/mol. The molecule has 7 heteroatoms. The van der Waals surface area contributed by atoms with E-state index in [1.807, 2.05) is 0 Å². The van der Waals surface area contributed by atoms with E-state index in [4.69, 9.17) is 15.4 Å². The molecule has 1 rings (SSSR count). The zero-order chi connectivity index (χ0) is 10.1. The Labute approximate surface area is 91.3 Å². The van der Waals surface area contributed by atoms with Gasteiger partial charge in [0.1, 0.15) is 5.82 Å². The molecule has 0 aliphatic carbocycles. The molecule has 0 unspecified atom stereocenters. The fourth-order valence-corrected chi connectivity index (χ4v) is 2.48. The molecule has 0 fully saturated rings. The summed E-state index contributed by atoms with van der Waals surface area (Å²) in [6, 6.07) is 1.22. The Morgan fingerprint density at radius 2 is 2.23 bits per heavy atom. The molecule has 0 saturated heterocycles. The minimum Gasteiger partial charge on any atom is -0.480 e. The van der Waals surface area contributed by atoms with E-state index >= 15 is 0 Å². The molecule has 1 aromatic heterocycles. The highest BCUT2D eigenvalue weighted by Crippen LogP contribution is 2.70. The van der Waals surface area contributed by atoms with Crippen LogP contribution < -0.4 is 4.74 Å². The molecule has 0 aromatic carbocycles. The number of pyridine rings is 1. The van der Waals surface area contributed by atoms with Gasteiger partial charge in [0.2, 0.25) is 5.88 Å². The van der Waals surface area contributed by atoms with Crippen molar-refractivity contribution in [2.24, 2.45) is 0 Å². The highest BCUT2D eigenvalue weighted by Gasteiger charge is 2.20. The van der Waals surface area contributed by atoms with Crippen LogP contribution in [0.15, 0.2) is 17.2 Å². The molecule has 0 saturated carbocycles. The number of methoxy groups -OCH3 is 1. The lowest BCUT2D eigenvalue weighted by molar-refractivity contribution is 0.384. The maximum atomic E-state index is 12.8. The Balaban J connectivity index is 3.24. The third-order valence-electron chi connectivity index (χ3n) is 1.26. The van der Waals surface area contributed by atoms with Crippen LogP contribution in [0.4, 0.5) is 4.39 Å². The van der Waals surface area contributed by atoms with Crippen molar-refractivity contribution in [1.29, 1.82) is 0 Å². The van der Waals surface area contributed by atoms with E-state index < -0.39 is 13.1 Å². The normalized spacial score (nSPS) is 12.7. The summed E-state index contributed by atoms with van der Waals surface area (Å²) < 4.78 is 17.7. The molecule has 13 heavy (non-hydrogen) atoms. The Morgan fingerprint density at radius 3 is 2.69 bits per heavy atom. The van der Waals surface area contributed by atoms with E-state index in [0.29, 0.717) is 4.90 Å². The average Bonchev–Trinajstić information content (AvgIpc) is 2.03. The van der Waals surface area contributed by atoms with Gasteiger partial charge in [-0.25, -0.2) is 9.37 Å². The Kier molecular flexibility index (Phi) is 3.62. The molecule has 1 heterocycles. The lowest BCUT2D eigenvalue weighted by Gasteiger charge is -2.20. The van der Waals surface area contributed by atoms with Crippen LogP contribution in [0.1, 0.15) is 0 Å². The molecule has 2 nitrogen and oxygen atoms in total. The first-order valence-electron chi connectivity index (χ1n) is 3.12. The molecular formula is C6H7ClFNOS3. The Hall–Kier alpha value is 0.220. The first-order chi connectivity index (χ1) is 5.95. The number of thiol groups is 2. The molecule has 0 spiro atoms. The minimum atomic E-state index is -2.13. The maximum absolute atomic E-state index is 12.8. The lowest BCUT2D eigenvalue weighted by Crippen LogP contribution is -1.93. The van der Waals surface area contributed by atoms with Crippen LogP contribution in [0, 0.1) is 5.82 Å². The van der Waals surface area contributed by atoms with Crippen LogP contribution in [0.3, 0.4) is 0 Å². The molecule has 0 aliphatic heterocycles. The van der Waals surface area contributed by atoms with Crippen molar-refractivity contribution in [3.8, 4) is 5.88 Å². The van der Waals surface area contributed by atoms with Gasteiger partial charge in [-0.15, -0.1) is 23.3 Å². The summed E-state index contributed by atoms with van der Waals surface area (Å²) in [4.78, 5) is 4.07. The first kappa shape index (κ1) is 11.3. The summed E-state index contributed by atoms with van der Waals surface area (Å²) in [7, 11) is 5.13. The standard InChI is InChI=1S/C6H7ClFNOS3/c1-10-6-5(13(7,11)12)2-4(8)3-9-6/h2-3,11-12H,1H3. The predicted molar refractivity (Wildman–Crippen MR) is 60.4 cm³/mol. The third kappa shape index (κ3) is 2.83. The van der Waals surface area contributed by atoms with Crippen molar-refractivity contribution in [3.63, 3.8) is 0 Å². The molecule has 0 aliphatic rings. The van der Waals surface area contributed by atoms with E-state index in [0.717, 1.165) is 6.20 Å². The van der Waals surface area contributed by atoms with Crippen LogP contribution in [0.25, 0.3) is 0 Å². The van der Waals surface area contributed by atoms with E-state index in [-0.39, 0.29) is 5.88 Å². The van der Waals surface area contributed by atoms with Crippen LogP contribution in [-0.4, -0.2) is 12.1 Å². The van der Waals surface area contributed by atoms with Gasteiger partial charge in [-0.05, 0) is 24.1 Å². The number of rotatable bonds is 2. The molecule has 0 amide bonds. The van der Waals surface area contributed by atoms with Crippen molar-refractivity contribution in [1.82, 2.24) is 4.98 Å². The summed E-state index contributed by atoms with van der Waals surface area (Å²) in [6.45, 7) is 0. The van der Waals surface area contributed by atoms with Crippen molar-refractivity contribution in [2.45, 2.75) is 4.90 Å². The summed E-state index contributed by atoms with van der Waals surface area (Å²) in [5.74, 6) is -0.243. The number of ether oxygens (including phenoxy) is 1. The van der Waals surface area contributed by atoms with Gasteiger partial charge < -0.3 is 4.74 Å². The molecule has 0 radical (unpaired) electrons. The van der Waals surface area contributed by atoms with Crippen LogP contribution >= 0.6 is 41.3 Å². The summed E-state index contributed by atoms with van der Waals surface area (Å²) in [5.41, 5.74) is 0. The van der Waals surface area contributed by atoms with Gasteiger partial charge >= 0.3 is 0 Å². The van der Waals surface area contributed by atoms with E-state index in [1.54, 1.807) is 0 Å².